The molecule has 50 heavy (non-hydrogen) atoms. The molecule has 5 aliphatic heterocycles. The maximum atomic E-state index is 13.9. The van der Waals surface area contributed by atoms with E-state index in [2.05, 4.69) is 6.58 Å². The molecule has 2 saturated heterocycles. The first kappa shape index (κ1) is 34.9. The third-order valence-corrected chi connectivity index (χ3v) is 9.76. The van der Waals surface area contributed by atoms with Crippen LogP contribution in [0.25, 0.3) is 0 Å². The number of Topliss-reactive ketones (excluding diaryl/α,β-unsaturated/α-hetero) is 1. The molecular formula is C34H40O16. The number of carbonyl (C=O) groups is 1. The van der Waals surface area contributed by atoms with Gasteiger partial charge in [-0.2, -0.15) is 0 Å². The van der Waals surface area contributed by atoms with Crippen LogP contribution in [0.15, 0.2) is 36.4 Å². The quantitative estimate of drug-likeness (QED) is 0.172. The second-order valence-electron chi connectivity index (χ2n) is 12.9. The average molecular weight is 705 g/mol. The van der Waals surface area contributed by atoms with Crippen LogP contribution >= 0.6 is 0 Å². The number of carbonyl (C=O) groups excluding carboxylic acids is 1. The van der Waals surface area contributed by atoms with Crippen molar-refractivity contribution in [3.8, 4) is 28.7 Å². The number of hydrogen-bond donors (Lipinski definition) is 6. The standard InChI is InChI=1S/C34H40O16/c1-13(9-45-34-31(41)29(39)28(38)24(50-34)12-47-33-30(40)27(37)17(35)10-46-33)19-7-16-18(48-19)5-4-14-26(36)25-15-6-21(42-2)22(43-3)8-20(15)44-11-23(25)49-32(14)16/h4-6,8,17,19,23-25,27-31,33-35,37-41H,1,7,9-12H2,2-3H3/t17-,19-,23+,24+,25+,27-,28+,29-,30+,31+,33+,34-/m1/s1. The minimum atomic E-state index is -1.67. The van der Waals surface area contributed by atoms with Gasteiger partial charge < -0.3 is 73.3 Å². The summed E-state index contributed by atoms with van der Waals surface area (Å²) in [5.74, 6) is 1.67. The zero-order chi connectivity index (χ0) is 35.4. The number of hydrogen-bond acceptors (Lipinski definition) is 16. The molecule has 5 heterocycles. The van der Waals surface area contributed by atoms with E-state index in [4.69, 9.17) is 42.6 Å². The van der Waals surface area contributed by atoms with Crippen LogP contribution in [0.5, 0.6) is 28.7 Å². The van der Waals surface area contributed by atoms with Gasteiger partial charge in [-0.15, -0.1) is 0 Å². The minimum Gasteiger partial charge on any atom is -0.493 e. The van der Waals surface area contributed by atoms with E-state index in [1.807, 2.05) is 0 Å². The molecule has 16 heteroatoms. The number of fused-ring (bicyclic) bond motifs is 6. The lowest BCUT2D eigenvalue weighted by Gasteiger charge is -2.41. The molecule has 7 rings (SSSR count). The first-order valence-corrected chi connectivity index (χ1v) is 16.2. The van der Waals surface area contributed by atoms with Crippen LogP contribution < -0.4 is 23.7 Å². The monoisotopic (exact) mass is 704 g/mol. The number of aliphatic hydroxyl groups excluding tert-OH is 6. The minimum absolute atomic E-state index is 0.123. The third kappa shape index (κ3) is 6.08. The molecule has 2 aromatic carbocycles. The summed E-state index contributed by atoms with van der Waals surface area (Å²) in [6.45, 7) is 3.35. The van der Waals surface area contributed by atoms with E-state index in [1.54, 1.807) is 24.3 Å². The Bertz CT molecular complexity index is 1610. The summed E-state index contributed by atoms with van der Waals surface area (Å²) in [5, 5.41) is 61.2. The van der Waals surface area contributed by atoms with Crippen molar-refractivity contribution in [1.29, 1.82) is 0 Å². The van der Waals surface area contributed by atoms with Gasteiger partial charge in [0.15, 0.2) is 29.9 Å². The van der Waals surface area contributed by atoms with Gasteiger partial charge in [-0.25, -0.2) is 0 Å². The number of rotatable bonds is 9. The highest BCUT2D eigenvalue weighted by molar-refractivity contribution is 6.06. The fourth-order valence-electron chi connectivity index (χ4n) is 6.88. The van der Waals surface area contributed by atoms with Crippen molar-refractivity contribution in [1.82, 2.24) is 0 Å². The van der Waals surface area contributed by atoms with Crippen molar-refractivity contribution in [2.45, 2.75) is 79.9 Å². The Morgan fingerprint density at radius 3 is 2.36 bits per heavy atom. The summed E-state index contributed by atoms with van der Waals surface area (Å²) < 4.78 is 51.5. The molecule has 0 aromatic heterocycles. The molecule has 2 fully saturated rings. The van der Waals surface area contributed by atoms with Crippen LogP contribution in [-0.4, -0.2) is 145 Å². The Morgan fingerprint density at radius 2 is 1.60 bits per heavy atom. The smallest absolute Gasteiger partial charge is 0.187 e. The van der Waals surface area contributed by atoms with Gasteiger partial charge in [0.1, 0.15) is 78.8 Å². The van der Waals surface area contributed by atoms with Crippen LogP contribution in [0.2, 0.25) is 0 Å². The van der Waals surface area contributed by atoms with Crippen LogP contribution in [-0.2, 0) is 25.4 Å². The first-order chi connectivity index (χ1) is 24.0. The molecule has 0 aliphatic carbocycles. The number of benzene rings is 2. The Labute approximate surface area is 286 Å². The Kier molecular flexibility index (Phi) is 9.68. The molecule has 5 aliphatic rings. The van der Waals surface area contributed by atoms with Gasteiger partial charge in [0.25, 0.3) is 0 Å². The molecule has 0 bridgehead atoms. The molecular weight excluding hydrogens is 664 g/mol. The number of aliphatic hydroxyl groups is 6. The molecule has 0 saturated carbocycles. The summed E-state index contributed by atoms with van der Waals surface area (Å²) in [6.07, 6.45) is -14.1. The average Bonchev–Trinajstić information content (AvgIpc) is 3.57. The van der Waals surface area contributed by atoms with E-state index < -0.39 is 80.0 Å². The van der Waals surface area contributed by atoms with Crippen LogP contribution in [0.4, 0.5) is 0 Å². The maximum absolute atomic E-state index is 13.9. The van der Waals surface area contributed by atoms with Crippen LogP contribution in [0, 0.1) is 0 Å². The lowest BCUT2D eigenvalue weighted by Crippen LogP contribution is -2.60. The predicted octanol–water partition coefficient (Wildman–Crippen LogP) is -1.04. The summed E-state index contributed by atoms with van der Waals surface area (Å²) in [6, 6.07) is 6.82. The topological polar surface area (TPSA) is 222 Å². The molecule has 272 valence electrons. The van der Waals surface area contributed by atoms with E-state index in [1.165, 1.54) is 14.2 Å². The van der Waals surface area contributed by atoms with Crippen molar-refractivity contribution < 1.29 is 78.1 Å². The predicted molar refractivity (Wildman–Crippen MR) is 167 cm³/mol. The fourth-order valence-corrected chi connectivity index (χ4v) is 6.88. The van der Waals surface area contributed by atoms with Crippen LogP contribution in [0.1, 0.15) is 27.4 Å². The first-order valence-electron chi connectivity index (χ1n) is 16.2. The fraction of sp³-hybridized carbons (Fsp3) is 0.559. The van der Waals surface area contributed by atoms with Crippen molar-refractivity contribution in [2.75, 3.05) is 40.6 Å². The lowest BCUT2D eigenvalue weighted by atomic mass is 9.81. The maximum Gasteiger partial charge on any atom is 0.187 e. The highest BCUT2D eigenvalue weighted by Crippen LogP contribution is 2.50. The molecule has 0 amide bonds. The van der Waals surface area contributed by atoms with E-state index in [-0.39, 0.29) is 25.6 Å². The van der Waals surface area contributed by atoms with Gasteiger partial charge in [0.2, 0.25) is 0 Å². The lowest BCUT2D eigenvalue weighted by molar-refractivity contribution is -0.319. The van der Waals surface area contributed by atoms with Gasteiger partial charge in [-0.3, -0.25) is 4.79 Å². The molecule has 0 radical (unpaired) electrons. The Hall–Kier alpha value is -3.55. The van der Waals surface area contributed by atoms with Gasteiger partial charge in [0, 0.05) is 23.6 Å². The highest BCUT2D eigenvalue weighted by Gasteiger charge is 2.48. The van der Waals surface area contributed by atoms with Crippen molar-refractivity contribution >= 4 is 5.78 Å². The third-order valence-electron chi connectivity index (χ3n) is 9.76. The summed E-state index contributed by atoms with van der Waals surface area (Å²) in [7, 11) is 3.04. The van der Waals surface area contributed by atoms with Crippen molar-refractivity contribution in [3.05, 3.63) is 53.1 Å². The largest absolute Gasteiger partial charge is 0.493 e. The zero-order valence-corrected chi connectivity index (χ0v) is 27.2. The van der Waals surface area contributed by atoms with E-state index in [9.17, 15) is 35.4 Å². The van der Waals surface area contributed by atoms with E-state index in [0.29, 0.717) is 57.4 Å². The second-order valence-corrected chi connectivity index (χ2v) is 12.9. The number of ketones is 1. The number of methoxy groups -OCH3 is 2. The zero-order valence-electron chi connectivity index (χ0n) is 27.2. The summed E-state index contributed by atoms with van der Waals surface area (Å²) in [4.78, 5) is 13.9. The van der Waals surface area contributed by atoms with Gasteiger partial charge in [-0.05, 0) is 23.8 Å². The van der Waals surface area contributed by atoms with E-state index in [0.717, 1.165) is 0 Å². The Morgan fingerprint density at radius 1 is 0.860 bits per heavy atom. The van der Waals surface area contributed by atoms with E-state index >= 15 is 0 Å². The summed E-state index contributed by atoms with van der Waals surface area (Å²) in [5.41, 5.74) is 2.20. The highest BCUT2D eigenvalue weighted by atomic mass is 16.7. The second kappa shape index (κ2) is 13.9. The SMILES string of the molecule is C=C(CO[C@@H]1O[C@@H](CO[C@@H]2OC[C@@H](O)[C@@H](O)[C@@H]2O)[C@H](O)[C@@H](O)[C@@H]1O)[C@H]1Cc2c(ccc3c2O[C@H]2COc4cc(OC)c(OC)cc4[C@@H]2C3=O)O1. The Balaban J connectivity index is 0.993. The van der Waals surface area contributed by atoms with Gasteiger partial charge in [-0.1, -0.05) is 6.58 Å². The molecule has 2 aromatic rings. The molecule has 0 spiro atoms. The molecule has 16 nitrogen and oxygen atoms in total. The van der Waals surface area contributed by atoms with Gasteiger partial charge >= 0.3 is 0 Å². The van der Waals surface area contributed by atoms with Crippen molar-refractivity contribution in [2.24, 2.45) is 0 Å². The van der Waals surface area contributed by atoms with Crippen LogP contribution in [0.3, 0.4) is 0 Å². The normalized spacial score (nSPS) is 35.7. The summed E-state index contributed by atoms with van der Waals surface area (Å²) >= 11 is 0. The van der Waals surface area contributed by atoms with Crippen molar-refractivity contribution in [3.63, 3.8) is 0 Å². The van der Waals surface area contributed by atoms with Gasteiger partial charge in [0.05, 0.1) is 45.5 Å². The molecule has 12 atom stereocenters. The number of ether oxygens (including phenoxy) is 9. The molecule has 0 unspecified atom stereocenters. The molecule has 6 N–H and O–H groups in total.